The Balaban J connectivity index is 1.95. The fourth-order valence-corrected chi connectivity index (χ4v) is 3.89. The second-order valence-corrected chi connectivity index (χ2v) is 10.3. The minimum atomic E-state index is -0.691. The third kappa shape index (κ3) is 3.09. The largest absolute Gasteiger partial charge is 0.495 e. The van der Waals surface area contributed by atoms with Crippen molar-refractivity contribution < 1.29 is 18.6 Å². The van der Waals surface area contributed by atoms with Gasteiger partial charge in [0.15, 0.2) is 0 Å². The maximum Gasteiger partial charge on any atom is 0.495 e. The Morgan fingerprint density at radius 1 is 0.733 bits per heavy atom. The SMILES string of the molecule is CC1(C)OB(c2cc3ccccc3c(C#N)c2B2OC(C)(C)C(C)(C)O2)OC1(C)C. The highest BCUT2D eigenvalue weighted by Crippen LogP contribution is 2.39. The number of hydrogen-bond donors (Lipinski definition) is 0. The summed E-state index contributed by atoms with van der Waals surface area (Å²) in [5, 5.41) is 12.0. The molecule has 2 fully saturated rings. The quantitative estimate of drug-likeness (QED) is 0.718. The van der Waals surface area contributed by atoms with Crippen LogP contribution in [0.2, 0.25) is 0 Å². The van der Waals surface area contributed by atoms with Crippen molar-refractivity contribution in [2.24, 2.45) is 0 Å². The molecule has 0 aromatic heterocycles. The van der Waals surface area contributed by atoms with E-state index in [1.54, 1.807) is 0 Å². The molecule has 2 aromatic carbocycles. The van der Waals surface area contributed by atoms with Crippen molar-refractivity contribution >= 4 is 35.9 Å². The van der Waals surface area contributed by atoms with Gasteiger partial charge in [-0.3, -0.25) is 0 Å². The Labute approximate surface area is 179 Å². The first-order valence-corrected chi connectivity index (χ1v) is 10.5. The second kappa shape index (κ2) is 6.58. The lowest BCUT2D eigenvalue weighted by molar-refractivity contribution is 0.00578. The van der Waals surface area contributed by atoms with Gasteiger partial charge in [0.2, 0.25) is 0 Å². The van der Waals surface area contributed by atoms with Crippen molar-refractivity contribution in [1.29, 1.82) is 5.26 Å². The van der Waals surface area contributed by atoms with Crippen LogP contribution in [0.1, 0.15) is 61.0 Å². The van der Waals surface area contributed by atoms with Gasteiger partial charge in [-0.15, -0.1) is 0 Å². The van der Waals surface area contributed by atoms with Crippen LogP contribution in [-0.2, 0) is 18.6 Å². The van der Waals surface area contributed by atoms with Gasteiger partial charge in [-0.25, -0.2) is 0 Å². The molecule has 0 bridgehead atoms. The van der Waals surface area contributed by atoms with Crippen LogP contribution in [0.5, 0.6) is 0 Å². The molecule has 7 heteroatoms. The predicted molar refractivity (Wildman–Crippen MR) is 120 cm³/mol. The van der Waals surface area contributed by atoms with Gasteiger partial charge in [-0.05, 0) is 71.6 Å². The van der Waals surface area contributed by atoms with E-state index in [9.17, 15) is 5.26 Å². The third-order valence-corrected chi connectivity index (χ3v) is 7.23. The zero-order chi connectivity index (χ0) is 22.1. The summed E-state index contributed by atoms with van der Waals surface area (Å²) in [6, 6.07) is 12.3. The van der Waals surface area contributed by atoms with E-state index >= 15 is 0 Å². The van der Waals surface area contributed by atoms with E-state index in [-0.39, 0.29) is 0 Å². The van der Waals surface area contributed by atoms with Crippen LogP contribution in [0, 0.1) is 11.3 Å². The van der Waals surface area contributed by atoms with E-state index in [0.29, 0.717) is 11.0 Å². The average Bonchev–Trinajstić information content (AvgIpc) is 2.99. The predicted octanol–water partition coefficient (Wildman–Crippen LogP) is 3.31. The Morgan fingerprint density at radius 3 is 1.70 bits per heavy atom. The van der Waals surface area contributed by atoms with Crippen molar-refractivity contribution in [3.63, 3.8) is 0 Å². The third-order valence-electron chi connectivity index (χ3n) is 7.23. The number of rotatable bonds is 2. The van der Waals surface area contributed by atoms with Gasteiger partial charge in [0.1, 0.15) is 0 Å². The van der Waals surface area contributed by atoms with Gasteiger partial charge in [-0.1, -0.05) is 30.3 Å². The molecule has 0 spiro atoms. The topological polar surface area (TPSA) is 60.7 Å². The van der Waals surface area contributed by atoms with Gasteiger partial charge in [0.05, 0.1) is 34.0 Å². The molecule has 0 saturated carbocycles. The molecule has 2 aliphatic rings. The molecule has 2 saturated heterocycles. The molecule has 0 aliphatic carbocycles. The van der Waals surface area contributed by atoms with Crippen molar-refractivity contribution in [2.75, 3.05) is 0 Å². The first-order chi connectivity index (χ1) is 13.8. The average molecular weight is 405 g/mol. The Hall–Kier alpha value is -1.84. The molecular formula is C23H29B2NO4. The van der Waals surface area contributed by atoms with Crippen molar-refractivity contribution in [3.05, 3.63) is 35.9 Å². The maximum atomic E-state index is 10.2. The summed E-state index contributed by atoms with van der Waals surface area (Å²) < 4.78 is 25.4. The van der Waals surface area contributed by atoms with E-state index in [1.807, 2.05) is 85.7 Å². The summed E-state index contributed by atoms with van der Waals surface area (Å²) in [6.07, 6.45) is 0. The first kappa shape index (κ1) is 21.4. The van der Waals surface area contributed by atoms with E-state index in [2.05, 4.69) is 6.07 Å². The van der Waals surface area contributed by atoms with Crippen LogP contribution in [-0.4, -0.2) is 36.6 Å². The summed E-state index contributed by atoms with van der Waals surface area (Å²) >= 11 is 0. The molecule has 5 nitrogen and oxygen atoms in total. The monoisotopic (exact) mass is 405 g/mol. The lowest BCUT2D eigenvalue weighted by atomic mass is 9.62. The highest BCUT2D eigenvalue weighted by Gasteiger charge is 2.56. The number of fused-ring (bicyclic) bond motifs is 1. The van der Waals surface area contributed by atoms with Crippen LogP contribution in [0.4, 0.5) is 0 Å². The fraction of sp³-hybridized carbons (Fsp3) is 0.522. The summed E-state index contributed by atoms with van der Waals surface area (Å²) in [7, 11) is -1.32. The van der Waals surface area contributed by atoms with Gasteiger partial charge in [-0.2, -0.15) is 5.26 Å². The van der Waals surface area contributed by atoms with Crippen molar-refractivity contribution in [3.8, 4) is 6.07 Å². The van der Waals surface area contributed by atoms with Crippen molar-refractivity contribution in [1.82, 2.24) is 0 Å². The molecule has 0 unspecified atom stereocenters. The molecule has 2 heterocycles. The number of hydrogen-bond acceptors (Lipinski definition) is 5. The molecular weight excluding hydrogens is 376 g/mol. The van der Waals surface area contributed by atoms with Crippen molar-refractivity contribution in [2.45, 2.75) is 77.8 Å². The fourth-order valence-electron chi connectivity index (χ4n) is 3.89. The number of benzene rings is 2. The molecule has 4 rings (SSSR count). The Kier molecular flexibility index (Phi) is 4.69. The molecule has 2 aromatic rings. The van der Waals surface area contributed by atoms with Crippen LogP contribution >= 0.6 is 0 Å². The summed E-state index contributed by atoms with van der Waals surface area (Å²) in [6.45, 7) is 16.1. The minimum Gasteiger partial charge on any atom is -0.399 e. The highest BCUT2D eigenvalue weighted by molar-refractivity contribution is 6.75. The molecule has 0 amide bonds. The van der Waals surface area contributed by atoms with E-state index in [0.717, 1.165) is 16.2 Å². The summed E-state index contributed by atoms with van der Waals surface area (Å²) in [5.74, 6) is 0. The molecule has 0 radical (unpaired) electrons. The Morgan fingerprint density at radius 2 is 1.20 bits per heavy atom. The second-order valence-electron chi connectivity index (χ2n) is 10.3. The molecule has 156 valence electrons. The lowest BCUT2D eigenvalue weighted by Gasteiger charge is -2.32. The van der Waals surface area contributed by atoms with Crippen LogP contribution in [0.15, 0.2) is 30.3 Å². The maximum absolute atomic E-state index is 10.2. The van der Waals surface area contributed by atoms with Crippen LogP contribution < -0.4 is 10.9 Å². The zero-order valence-electron chi connectivity index (χ0n) is 19.1. The molecule has 30 heavy (non-hydrogen) atoms. The van der Waals surface area contributed by atoms with Crippen LogP contribution in [0.3, 0.4) is 0 Å². The smallest absolute Gasteiger partial charge is 0.399 e. The lowest BCUT2D eigenvalue weighted by Crippen LogP contribution is -2.53. The van der Waals surface area contributed by atoms with E-state index < -0.39 is 36.6 Å². The van der Waals surface area contributed by atoms with E-state index in [1.165, 1.54) is 0 Å². The van der Waals surface area contributed by atoms with Gasteiger partial charge < -0.3 is 18.6 Å². The molecule has 0 atom stereocenters. The molecule has 2 aliphatic heterocycles. The zero-order valence-corrected chi connectivity index (χ0v) is 19.1. The normalized spacial score (nSPS) is 23.7. The van der Waals surface area contributed by atoms with Gasteiger partial charge in [0.25, 0.3) is 0 Å². The Bertz CT molecular complexity index is 1020. The van der Waals surface area contributed by atoms with Gasteiger partial charge in [0, 0.05) is 5.46 Å². The highest BCUT2D eigenvalue weighted by atomic mass is 16.7. The number of nitrogens with zero attached hydrogens (tertiary/aromatic N) is 1. The molecule has 0 N–H and O–H groups in total. The minimum absolute atomic E-state index is 0.497. The standard InChI is InChI=1S/C23H29B2NO4/c1-20(2)21(3,4)28-24(27-20)18-13-15-11-9-10-12-16(15)17(14-26)19(18)25-29-22(5,6)23(7,8)30-25/h9-13H,1-8H3. The number of nitriles is 1. The van der Waals surface area contributed by atoms with Gasteiger partial charge >= 0.3 is 14.2 Å². The summed E-state index contributed by atoms with van der Waals surface area (Å²) in [5.41, 5.74) is -0.0360. The van der Waals surface area contributed by atoms with E-state index in [4.69, 9.17) is 18.6 Å². The first-order valence-electron chi connectivity index (χ1n) is 10.5. The van der Waals surface area contributed by atoms with Crippen LogP contribution in [0.25, 0.3) is 10.8 Å². The summed E-state index contributed by atoms with van der Waals surface area (Å²) in [4.78, 5) is 0.